The number of nitrogens with zero attached hydrogens (tertiary/aromatic N) is 1. The van der Waals surface area contributed by atoms with Crippen LogP contribution < -0.4 is 14.9 Å². The van der Waals surface area contributed by atoms with E-state index in [9.17, 15) is 13.2 Å². The van der Waals surface area contributed by atoms with E-state index in [1.54, 1.807) is 54.7 Å². The molecule has 5 rings (SSSR count). The van der Waals surface area contributed by atoms with E-state index in [1.165, 1.54) is 0 Å². The minimum atomic E-state index is -3.88. The normalized spacial score (nSPS) is 12.3. The number of halogens is 1. The van der Waals surface area contributed by atoms with E-state index in [2.05, 4.69) is 31.2 Å². The van der Waals surface area contributed by atoms with Crippen molar-refractivity contribution in [3.63, 3.8) is 0 Å². The van der Waals surface area contributed by atoms with Crippen molar-refractivity contribution in [2.24, 2.45) is 5.10 Å². The minimum Gasteiger partial charge on any atom is -0.488 e. The van der Waals surface area contributed by atoms with Crippen LogP contribution in [0.2, 0.25) is 0 Å². The topological polar surface area (TPSA) is 96.9 Å². The van der Waals surface area contributed by atoms with E-state index >= 15 is 0 Å². The Kier molecular flexibility index (Phi) is 9.66. The predicted molar refractivity (Wildman–Crippen MR) is 173 cm³/mol. The fourth-order valence-corrected chi connectivity index (χ4v) is 6.05. The summed E-state index contributed by atoms with van der Waals surface area (Å²) >= 11 is 3.45. The number of aryl methyl sites for hydroxylation is 1. The standard InChI is InChI=1S/C34H30BrN3O4S/c1-24-11-18-29(19-12-24)43(40,41)38-32(27-8-3-2-4-9-27)21-34(39)37-36-22-31-30-10-6-5-7-26(30)15-20-33(31)42-23-25-13-16-28(35)17-14-25/h2-20,22,32,38H,21,23H2,1H3,(H,37,39)/b36-22-/t32-/m1/s1. The summed E-state index contributed by atoms with van der Waals surface area (Å²) in [6.07, 6.45) is 1.40. The summed E-state index contributed by atoms with van der Waals surface area (Å²) in [5.74, 6) is 0.168. The summed E-state index contributed by atoms with van der Waals surface area (Å²) in [6, 6.07) is 34.3. The lowest BCUT2D eigenvalue weighted by molar-refractivity contribution is -0.121. The summed E-state index contributed by atoms with van der Waals surface area (Å²) in [6.45, 7) is 2.25. The van der Waals surface area contributed by atoms with Gasteiger partial charge in [0, 0.05) is 16.5 Å². The average Bonchev–Trinajstić information content (AvgIpc) is 3.01. The minimum absolute atomic E-state index is 0.129. The molecule has 43 heavy (non-hydrogen) atoms. The van der Waals surface area contributed by atoms with E-state index in [4.69, 9.17) is 4.74 Å². The molecular weight excluding hydrogens is 626 g/mol. The molecule has 0 fully saturated rings. The van der Waals surface area contributed by atoms with Crippen molar-refractivity contribution in [2.75, 3.05) is 0 Å². The van der Waals surface area contributed by atoms with Crippen molar-refractivity contribution in [3.05, 3.63) is 142 Å². The highest BCUT2D eigenvalue weighted by molar-refractivity contribution is 9.10. The molecule has 0 spiro atoms. The summed E-state index contributed by atoms with van der Waals surface area (Å²) in [5, 5.41) is 6.16. The van der Waals surface area contributed by atoms with Gasteiger partial charge in [0.05, 0.1) is 17.2 Å². The molecule has 0 bridgehead atoms. The van der Waals surface area contributed by atoms with Crippen LogP contribution in [0.5, 0.6) is 5.75 Å². The summed E-state index contributed by atoms with van der Waals surface area (Å²) in [4.78, 5) is 13.2. The molecule has 1 amide bonds. The monoisotopic (exact) mass is 655 g/mol. The van der Waals surface area contributed by atoms with E-state index in [0.29, 0.717) is 17.9 Å². The van der Waals surface area contributed by atoms with Crippen LogP contribution in [0.4, 0.5) is 0 Å². The lowest BCUT2D eigenvalue weighted by Gasteiger charge is -2.18. The van der Waals surface area contributed by atoms with Gasteiger partial charge in [-0.3, -0.25) is 4.79 Å². The van der Waals surface area contributed by atoms with E-state index in [0.717, 1.165) is 31.9 Å². The fraction of sp³-hybridized carbons (Fsp3) is 0.118. The second kappa shape index (κ2) is 13.8. The van der Waals surface area contributed by atoms with Crippen LogP contribution >= 0.6 is 15.9 Å². The van der Waals surface area contributed by atoms with Crippen LogP contribution in [-0.2, 0) is 21.4 Å². The van der Waals surface area contributed by atoms with E-state index < -0.39 is 22.0 Å². The zero-order valence-electron chi connectivity index (χ0n) is 23.4. The van der Waals surface area contributed by atoms with Gasteiger partial charge in [0.15, 0.2) is 0 Å². The number of nitrogens with one attached hydrogen (secondary N) is 2. The summed E-state index contributed by atoms with van der Waals surface area (Å²) < 4.78 is 36.2. The zero-order valence-corrected chi connectivity index (χ0v) is 25.8. The van der Waals surface area contributed by atoms with Crippen LogP contribution in [0.15, 0.2) is 130 Å². The Morgan fingerprint density at radius 3 is 2.33 bits per heavy atom. The molecule has 0 aromatic heterocycles. The third-order valence-electron chi connectivity index (χ3n) is 6.84. The Morgan fingerprint density at radius 2 is 1.58 bits per heavy atom. The van der Waals surface area contributed by atoms with Crippen molar-refractivity contribution in [3.8, 4) is 5.75 Å². The number of hydrazone groups is 1. The maximum absolute atomic E-state index is 13.2. The maximum Gasteiger partial charge on any atom is 0.242 e. The van der Waals surface area contributed by atoms with Gasteiger partial charge >= 0.3 is 0 Å². The molecule has 0 saturated heterocycles. The first-order chi connectivity index (χ1) is 20.8. The van der Waals surface area contributed by atoms with E-state index in [-0.39, 0.29) is 11.3 Å². The molecule has 9 heteroatoms. The Labute approximate surface area is 259 Å². The number of hydrogen-bond acceptors (Lipinski definition) is 5. The number of rotatable bonds is 11. The van der Waals surface area contributed by atoms with Crippen molar-refractivity contribution in [1.29, 1.82) is 0 Å². The van der Waals surface area contributed by atoms with Crippen LogP contribution in [-0.4, -0.2) is 20.5 Å². The first kappa shape index (κ1) is 30.2. The van der Waals surface area contributed by atoms with Crippen molar-refractivity contribution < 1.29 is 17.9 Å². The highest BCUT2D eigenvalue weighted by Crippen LogP contribution is 2.28. The molecule has 7 nitrogen and oxygen atoms in total. The first-order valence-corrected chi connectivity index (χ1v) is 15.9. The molecule has 0 aliphatic rings. The SMILES string of the molecule is Cc1ccc(S(=O)(=O)N[C@H](CC(=O)N/N=C\c2c(OCc3ccc(Br)cc3)ccc3ccccc23)c2ccccc2)cc1. The Morgan fingerprint density at radius 1 is 0.884 bits per heavy atom. The fourth-order valence-electron chi connectivity index (χ4n) is 4.56. The molecule has 0 radical (unpaired) electrons. The van der Waals surface area contributed by atoms with Crippen LogP contribution in [0, 0.1) is 6.92 Å². The van der Waals surface area contributed by atoms with Gasteiger partial charge in [0.25, 0.3) is 0 Å². The van der Waals surface area contributed by atoms with Gasteiger partial charge < -0.3 is 4.74 Å². The van der Waals surface area contributed by atoms with Gasteiger partial charge in [0.2, 0.25) is 15.9 Å². The maximum atomic E-state index is 13.2. The van der Waals surface area contributed by atoms with Crippen LogP contribution in [0.3, 0.4) is 0 Å². The summed E-state index contributed by atoms with van der Waals surface area (Å²) in [7, 11) is -3.88. The van der Waals surface area contributed by atoms with Gasteiger partial charge in [-0.05, 0) is 59.2 Å². The Hall–Kier alpha value is -4.31. The van der Waals surface area contributed by atoms with Gasteiger partial charge in [-0.15, -0.1) is 0 Å². The third-order valence-corrected chi connectivity index (χ3v) is 8.86. The lowest BCUT2D eigenvalue weighted by atomic mass is 10.0. The molecule has 0 aliphatic heterocycles. The number of fused-ring (bicyclic) bond motifs is 1. The number of carbonyl (C=O) groups excluding carboxylic acids is 1. The van der Waals surface area contributed by atoms with Crippen LogP contribution in [0.1, 0.15) is 34.7 Å². The molecule has 2 N–H and O–H groups in total. The highest BCUT2D eigenvalue weighted by Gasteiger charge is 2.23. The largest absolute Gasteiger partial charge is 0.488 e. The average molecular weight is 657 g/mol. The first-order valence-electron chi connectivity index (χ1n) is 13.6. The number of hydrogen-bond donors (Lipinski definition) is 2. The van der Waals surface area contributed by atoms with Gasteiger partial charge in [-0.2, -0.15) is 5.10 Å². The Bertz CT molecular complexity index is 1840. The number of carbonyl (C=O) groups is 1. The van der Waals surface area contributed by atoms with Gasteiger partial charge in [-0.25, -0.2) is 18.6 Å². The van der Waals surface area contributed by atoms with E-state index in [1.807, 2.05) is 73.7 Å². The van der Waals surface area contributed by atoms with Gasteiger partial charge in [0.1, 0.15) is 12.4 Å². The quantitative estimate of drug-likeness (QED) is 0.118. The second-order valence-electron chi connectivity index (χ2n) is 10.0. The third kappa shape index (κ3) is 7.95. The molecule has 5 aromatic carbocycles. The van der Waals surface area contributed by atoms with Gasteiger partial charge in [-0.1, -0.05) is 106 Å². The molecule has 0 heterocycles. The van der Waals surface area contributed by atoms with Crippen molar-refractivity contribution in [2.45, 2.75) is 30.9 Å². The molecular formula is C34H30BrN3O4S. The van der Waals surface area contributed by atoms with Crippen molar-refractivity contribution in [1.82, 2.24) is 10.1 Å². The number of amides is 1. The molecule has 0 aliphatic carbocycles. The highest BCUT2D eigenvalue weighted by atomic mass is 79.9. The predicted octanol–water partition coefficient (Wildman–Crippen LogP) is 7.05. The lowest BCUT2D eigenvalue weighted by Crippen LogP contribution is -2.32. The molecule has 218 valence electrons. The molecule has 0 unspecified atom stereocenters. The molecule has 5 aromatic rings. The smallest absolute Gasteiger partial charge is 0.242 e. The zero-order chi connectivity index (χ0) is 30.2. The number of benzene rings is 5. The molecule has 1 atom stereocenters. The Balaban J connectivity index is 1.33. The second-order valence-corrected chi connectivity index (χ2v) is 12.6. The number of ether oxygens (including phenoxy) is 1. The molecule has 0 saturated carbocycles. The summed E-state index contributed by atoms with van der Waals surface area (Å²) in [5.41, 5.74) is 5.91. The number of sulfonamides is 1. The van der Waals surface area contributed by atoms with Crippen LogP contribution in [0.25, 0.3) is 10.8 Å². The van der Waals surface area contributed by atoms with Crippen molar-refractivity contribution >= 4 is 48.8 Å².